The Morgan fingerprint density at radius 1 is 0.328 bits per heavy atom. The largest absolute Gasteiger partial charge is 0.455 e. The van der Waals surface area contributed by atoms with E-state index >= 15 is 0 Å². The molecule has 0 saturated heterocycles. The number of furan rings is 1. The molecule has 13 rings (SSSR count). The summed E-state index contributed by atoms with van der Waals surface area (Å²) in [5, 5.41) is 4.63. The number of hydrogen-bond donors (Lipinski definition) is 0. The highest BCUT2D eigenvalue weighted by Gasteiger charge is 2.46. The van der Waals surface area contributed by atoms with Crippen molar-refractivity contribution in [3.05, 3.63) is 283 Å². The summed E-state index contributed by atoms with van der Waals surface area (Å²) in [5.74, 6) is 0. The van der Waals surface area contributed by atoms with Crippen molar-refractivity contribution in [2.24, 2.45) is 0 Å². The Kier molecular flexibility index (Phi) is 9.11. The summed E-state index contributed by atoms with van der Waals surface area (Å²) in [6, 6.07) is 95.0. The molecule has 0 atom stereocenters. The van der Waals surface area contributed by atoms with Gasteiger partial charge in [-0.25, -0.2) is 0 Å². The van der Waals surface area contributed by atoms with Crippen molar-refractivity contribution < 1.29 is 4.42 Å². The summed E-state index contributed by atoms with van der Waals surface area (Å²) in [4.78, 5) is 2.41. The second-order valence-electron chi connectivity index (χ2n) is 17.6. The molecule has 0 N–H and O–H groups in total. The molecule has 314 valence electrons. The second kappa shape index (κ2) is 15.8. The van der Waals surface area contributed by atoms with Crippen LogP contribution in [0.3, 0.4) is 0 Å². The number of rotatable bonds is 8. The lowest BCUT2D eigenvalue weighted by atomic mass is 9.67. The van der Waals surface area contributed by atoms with Crippen LogP contribution in [0.2, 0.25) is 0 Å². The van der Waals surface area contributed by atoms with E-state index in [1.807, 2.05) is 0 Å². The normalized spacial score (nSPS) is 12.6. The summed E-state index contributed by atoms with van der Waals surface area (Å²) in [5.41, 5.74) is 18.9. The predicted octanol–water partition coefficient (Wildman–Crippen LogP) is 17.6. The van der Waals surface area contributed by atoms with Gasteiger partial charge >= 0.3 is 0 Å². The fraction of sp³-hybridized carbons (Fsp3) is 0.0154. The average Bonchev–Trinajstić information content (AvgIpc) is 3.94. The van der Waals surface area contributed by atoms with Crippen LogP contribution in [-0.4, -0.2) is 0 Å². The van der Waals surface area contributed by atoms with Crippen molar-refractivity contribution in [2.75, 3.05) is 4.90 Å². The van der Waals surface area contributed by atoms with E-state index < -0.39 is 5.41 Å². The van der Waals surface area contributed by atoms with Gasteiger partial charge in [-0.3, -0.25) is 0 Å². The Bertz CT molecular complexity index is 3760. The first-order valence-corrected chi connectivity index (χ1v) is 23.1. The quantitative estimate of drug-likeness (QED) is 0.151. The van der Waals surface area contributed by atoms with Crippen LogP contribution in [0.15, 0.2) is 265 Å². The van der Waals surface area contributed by atoms with Gasteiger partial charge in [0.1, 0.15) is 11.2 Å². The lowest BCUT2D eigenvalue weighted by Gasteiger charge is -2.34. The zero-order valence-electron chi connectivity index (χ0n) is 36.7. The molecule has 1 heterocycles. The summed E-state index contributed by atoms with van der Waals surface area (Å²) in [7, 11) is 0. The van der Waals surface area contributed by atoms with E-state index in [0.717, 1.165) is 61.3 Å². The van der Waals surface area contributed by atoms with Crippen molar-refractivity contribution in [3.8, 4) is 44.5 Å². The van der Waals surface area contributed by atoms with Crippen LogP contribution in [0.4, 0.5) is 17.1 Å². The van der Waals surface area contributed by atoms with Gasteiger partial charge in [0.25, 0.3) is 0 Å². The van der Waals surface area contributed by atoms with E-state index in [2.05, 4.69) is 266 Å². The zero-order chi connectivity index (χ0) is 44.3. The van der Waals surface area contributed by atoms with Gasteiger partial charge in [0.2, 0.25) is 0 Å². The Morgan fingerprint density at radius 2 is 0.910 bits per heavy atom. The van der Waals surface area contributed by atoms with Gasteiger partial charge < -0.3 is 9.32 Å². The molecule has 12 aromatic rings. The average molecular weight is 854 g/mol. The number of hydrogen-bond acceptors (Lipinski definition) is 2. The summed E-state index contributed by atoms with van der Waals surface area (Å²) in [6.07, 6.45) is 0. The summed E-state index contributed by atoms with van der Waals surface area (Å²) < 4.78 is 6.84. The molecule has 0 saturated carbocycles. The van der Waals surface area contributed by atoms with Gasteiger partial charge in [0, 0.05) is 22.3 Å². The van der Waals surface area contributed by atoms with E-state index in [0.29, 0.717) is 0 Å². The van der Waals surface area contributed by atoms with Crippen LogP contribution in [-0.2, 0) is 5.41 Å². The number of fused-ring (bicyclic) bond motifs is 7. The Balaban J connectivity index is 1.01. The Hall–Kier alpha value is -8.72. The minimum Gasteiger partial charge on any atom is -0.455 e. The van der Waals surface area contributed by atoms with E-state index in [4.69, 9.17) is 4.42 Å². The third kappa shape index (κ3) is 6.26. The first-order chi connectivity index (χ1) is 33.2. The molecule has 1 aliphatic carbocycles. The molecule has 0 amide bonds. The maximum absolute atomic E-state index is 6.84. The highest BCUT2D eigenvalue weighted by molar-refractivity contribution is 6.17. The summed E-state index contributed by atoms with van der Waals surface area (Å²) in [6.45, 7) is 0. The molecule has 1 aliphatic rings. The lowest BCUT2D eigenvalue weighted by Crippen LogP contribution is -2.28. The minimum atomic E-state index is -0.491. The molecule has 0 fully saturated rings. The molecule has 67 heavy (non-hydrogen) atoms. The summed E-state index contributed by atoms with van der Waals surface area (Å²) >= 11 is 0. The van der Waals surface area contributed by atoms with Crippen molar-refractivity contribution >= 4 is 49.8 Å². The van der Waals surface area contributed by atoms with Gasteiger partial charge in [-0.05, 0) is 127 Å². The van der Waals surface area contributed by atoms with Crippen LogP contribution in [0, 0.1) is 0 Å². The minimum absolute atomic E-state index is 0.491. The van der Waals surface area contributed by atoms with Gasteiger partial charge in [-0.1, -0.05) is 206 Å². The second-order valence-corrected chi connectivity index (χ2v) is 17.6. The van der Waals surface area contributed by atoms with Crippen LogP contribution in [0.25, 0.3) is 77.2 Å². The molecule has 2 heteroatoms. The van der Waals surface area contributed by atoms with Crippen LogP contribution in [0.1, 0.15) is 22.3 Å². The van der Waals surface area contributed by atoms with Crippen molar-refractivity contribution in [3.63, 3.8) is 0 Å². The van der Waals surface area contributed by atoms with Gasteiger partial charge in [0.05, 0.1) is 16.5 Å². The van der Waals surface area contributed by atoms with Gasteiger partial charge in [-0.15, -0.1) is 0 Å². The fourth-order valence-electron chi connectivity index (χ4n) is 10.9. The molecule has 2 nitrogen and oxygen atoms in total. The maximum Gasteiger partial charge on any atom is 0.145 e. The van der Waals surface area contributed by atoms with E-state index in [1.54, 1.807) is 0 Å². The molecular weight excluding hydrogens is 811 g/mol. The number of nitrogens with zero attached hydrogens (tertiary/aromatic N) is 1. The maximum atomic E-state index is 6.84. The van der Waals surface area contributed by atoms with Crippen LogP contribution < -0.4 is 4.90 Å². The number of benzene rings is 11. The molecule has 1 aromatic heterocycles. The first kappa shape index (κ1) is 38.7. The molecular formula is C65H43NO. The van der Waals surface area contributed by atoms with Gasteiger partial charge in [0.15, 0.2) is 0 Å². The molecule has 0 aliphatic heterocycles. The van der Waals surface area contributed by atoms with Crippen molar-refractivity contribution in [1.29, 1.82) is 0 Å². The molecule has 0 unspecified atom stereocenters. The smallest absolute Gasteiger partial charge is 0.145 e. The zero-order valence-corrected chi connectivity index (χ0v) is 36.7. The van der Waals surface area contributed by atoms with E-state index in [1.165, 1.54) is 55.3 Å². The van der Waals surface area contributed by atoms with Crippen LogP contribution >= 0.6 is 0 Å². The third-order valence-corrected chi connectivity index (χ3v) is 13.9. The number of para-hydroxylation sites is 1. The predicted molar refractivity (Wildman–Crippen MR) is 280 cm³/mol. The first-order valence-electron chi connectivity index (χ1n) is 23.1. The van der Waals surface area contributed by atoms with Crippen molar-refractivity contribution in [2.45, 2.75) is 5.41 Å². The molecule has 0 bridgehead atoms. The topological polar surface area (TPSA) is 16.4 Å². The fourth-order valence-corrected chi connectivity index (χ4v) is 10.9. The Morgan fingerprint density at radius 3 is 1.70 bits per heavy atom. The van der Waals surface area contributed by atoms with Crippen LogP contribution in [0.5, 0.6) is 0 Å². The monoisotopic (exact) mass is 853 g/mol. The standard InChI is InChI=1S/C65H43NO/c1-4-18-46(19-5-1)55-39-40-61(63-58-28-13-15-30-62(58)67-64(55)63)66(53-36-33-45(34-37-53)49-32-31-44-17-10-11-20-47(44)41-49)54-26-16-21-48(42-54)50-35-38-57-56-27-12-14-29-59(56)65(60(57)43-50,51-22-6-2-7-23-51)52-24-8-3-9-25-52/h1-43H. The van der Waals surface area contributed by atoms with Gasteiger partial charge in [-0.2, -0.15) is 0 Å². The van der Waals surface area contributed by atoms with E-state index in [9.17, 15) is 0 Å². The molecule has 0 spiro atoms. The Labute approximate surface area is 390 Å². The molecule has 11 aromatic carbocycles. The SMILES string of the molecule is c1ccc(-c2ccc(N(c3ccc(-c4ccc5ccccc5c4)cc3)c3cccc(-c4ccc5c(c4)C(c4ccccc4)(c4ccccc4)c4ccccc4-5)c3)c3c2oc2ccccc23)cc1. The third-order valence-electron chi connectivity index (χ3n) is 13.9. The lowest BCUT2D eigenvalue weighted by molar-refractivity contribution is 0.670. The number of anilines is 3. The van der Waals surface area contributed by atoms with Crippen molar-refractivity contribution in [1.82, 2.24) is 0 Å². The highest BCUT2D eigenvalue weighted by Crippen LogP contribution is 2.57. The highest BCUT2D eigenvalue weighted by atomic mass is 16.3. The molecule has 0 radical (unpaired) electrons. The van der Waals surface area contributed by atoms with E-state index in [-0.39, 0.29) is 0 Å².